The number of benzene rings is 2. The van der Waals surface area contributed by atoms with Crippen LogP contribution in [0.25, 0.3) is 0 Å². The van der Waals surface area contributed by atoms with Crippen LogP contribution in [0.5, 0.6) is 0 Å². The molecule has 2 rings (SSSR count). The first-order valence-electron chi connectivity index (χ1n) is 5.84. The SMILES string of the molecule is CCN(c1ccccc1)c1cccc(F)c1C=O. The van der Waals surface area contributed by atoms with Crippen LogP contribution in [-0.2, 0) is 0 Å². The quantitative estimate of drug-likeness (QED) is 0.761. The Kier molecular flexibility index (Phi) is 3.72. The van der Waals surface area contributed by atoms with Crippen LogP contribution in [0.3, 0.4) is 0 Å². The molecule has 0 saturated heterocycles. The molecule has 92 valence electrons. The van der Waals surface area contributed by atoms with Gasteiger partial charge in [0, 0.05) is 12.2 Å². The fraction of sp³-hybridized carbons (Fsp3) is 0.133. The summed E-state index contributed by atoms with van der Waals surface area (Å²) in [5, 5.41) is 0. The minimum absolute atomic E-state index is 0.100. The maximum absolute atomic E-state index is 13.6. The van der Waals surface area contributed by atoms with Crippen LogP contribution in [0.4, 0.5) is 15.8 Å². The van der Waals surface area contributed by atoms with Gasteiger partial charge in [0.25, 0.3) is 0 Å². The molecule has 18 heavy (non-hydrogen) atoms. The molecule has 2 aromatic rings. The van der Waals surface area contributed by atoms with Crippen molar-refractivity contribution in [3.8, 4) is 0 Å². The lowest BCUT2D eigenvalue weighted by molar-refractivity contribution is 0.112. The predicted molar refractivity (Wildman–Crippen MR) is 70.9 cm³/mol. The van der Waals surface area contributed by atoms with Crippen molar-refractivity contribution >= 4 is 17.7 Å². The highest BCUT2D eigenvalue weighted by Gasteiger charge is 2.14. The van der Waals surface area contributed by atoms with Crippen molar-refractivity contribution in [2.24, 2.45) is 0 Å². The Hall–Kier alpha value is -2.16. The molecule has 0 spiro atoms. The maximum Gasteiger partial charge on any atom is 0.155 e. The summed E-state index contributed by atoms with van der Waals surface area (Å²) < 4.78 is 13.6. The number of halogens is 1. The number of hydrogen-bond donors (Lipinski definition) is 0. The van der Waals surface area contributed by atoms with Crippen molar-refractivity contribution in [3.63, 3.8) is 0 Å². The van der Waals surface area contributed by atoms with E-state index in [4.69, 9.17) is 0 Å². The molecule has 0 amide bonds. The van der Waals surface area contributed by atoms with Crippen molar-refractivity contribution in [2.45, 2.75) is 6.92 Å². The Morgan fingerprint density at radius 3 is 2.44 bits per heavy atom. The number of rotatable bonds is 4. The fourth-order valence-electron chi connectivity index (χ4n) is 1.98. The third-order valence-electron chi connectivity index (χ3n) is 2.82. The van der Waals surface area contributed by atoms with Gasteiger partial charge >= 0.3 is 0 Å². The van der Waals surface area contributed by atoms with E-state index in [-0.39, 0.29) is 5.56 Å². The number of anilines is 2. The molecule has 0 fully saturated rings. The topological polar surface area (TPSA) is 20.3 Å². The number of nitrogens with zero attached hydrogens (tertiary/aromatic N) is 1. The number of carbonyl (C=O) groups is 1. The van der Waals surface area contributed by atoms with Crippen LogP contribution in [0.15, 0.2) is 48.5 Å². The Morgan fingerprint density at radius 1 is 1.11 bits per heavy atom. The summed E-state index contributed by atoms with van der Waals surface area (Å²) in [4.78, 5) is 12.9. The third kappa shape index (κ3) is 2.25. The van der Waals surface area contributed by atoms with Crippen LogP contribution >= 0.6 is 0 Å². The van der Waals surface area contributed by atoms with E-state index in [2.05, 4.69) is 0 Å². The Balaban J connectivity index is 2.52. The van der Waals surface area contributed by atoms with Gasteiger partial charge in [-0.3, -0.25) is 4.79 Å². The summed E-state index contributed by atoms with van der Waals surface area (Å²) in [5.41, 5.74) is 1.63. The second-order valence-electron chi connectivity index (χ2n) is 3.87. The van der Waals surface area contributed by atoms with E-state index in [1.54, 1.807) is 12.1 Å². The molecule has 0 radical (unpaired) electrons. The van der Waals surface area contributed by atoms with Gasteiger partial charge in [0.05, 0.1) is 11.3 Å². The highest BCUT2D eigenvalue weighted by molar-refractivity contribution is 5.87. The second-order valence-corrected chi connectivity index (χ2v) is 3.87. The molecule has 0 unspecified atom stereocenters. The van der Waals surface area contributed by atoms with E-state index in [0.29, 0.717) is 18.5 Å². The molecule has 2 aromatic carbocycles. The maximum atomic E-state index is 13.6. The largest absolute Gasteiger partial charge is 0.341 e. The summed E-state index contributed by atoms with van der Waals surface area (Å²) in [7, 11) is 0. The van der Waals surface area contributed by atoms with E-state index in [1.165, 1.54) is 6.07 Å². The number of carbonyl (C=O) groups excluding carboxylic acids is 1. The Labute approximate surface area is 106 Å². The zero-order valence-electron chi connectivity index (χ0n) is 10.1. The van der Waals surface area contributed by atoms with E-state index >= 15 is 0 Å². The molecule has 0 aromatic heterocycles. The van der Waals surface area contributed by atoms with E-state index in [0.717, 1.165) is 5.69 Å². The molecule has 0 atom stereocenters. The molecule has 0 aliphatic carbocycles. The lowest BCUT2D eigenvalue weighted by Crippen LogP contribution is -2.18. The molecular weight excluding hydrogens is 229 g/mol. The monoisotopic (exact) mass is 243 g/mol. The normalized spacial score (nSPS) is 10.1. The van der Waals surface area contributed by atoms with Crippen LogP contribution in [-0.4, -0.2) is 12.8 Å². The number of aldehydes is 1. The zero-order valence-corrected chi connectivity index (χ0v) is 10.1. The van der Waals surface area contributed by atoms with Gasteiger partial charge in [-0.2, -0.15) is 0 Å². The van der Waals surface area contributed by atoms with E-state index in [9.17, 15) is 9.18 Å². The highest BCUT2D eigenvalue weighted by atomic mass is 19.1. The molecule has 0 bridgehead atoms. The standard InChI is InChI=1S/C15H14FNO/c1-2-17(12-7-4-3-5-8-12)15-10-6-9-14(16)13(15)11-18/h3-11H,2H2,1H3. The first-order valence-corrected chi connectivity index (χ1v) is 5.84. The Morgan fingerprint density at radius 2 is 1.83 bits per heavy atom. The van der Waals surface area contributed by atoms with Gasteiger partial charge in [-0.1, -0.05) is 24.3 Å². The smallest absolute Gasteiger partial charge is 0.155 e. The molecule has 0 aliphatic rings. The van der Waals surface area contributed by atoms with Gasteiger partial charge in [0.15, 0.2) is 6.29 Å². The number of hydrogen-bond acceptors (Lipinski definition) is 2. The Bertz CT molecular complexity index is 539. The van der Waals surface area contributed by atoms with Crippen molar-refractivity contribution in [1.82, 2.24) is 0 Å². The first kappa shape index (κ1) is 12.3. The summed E-state index contributed by atoms with van der Waals surface area (Å²) in [6, 6.07) is 14.3. The van der Waals surface area contributed by atoms with Crippen LogP contribution in [0, 0.1) is 5.82 Å². The van der Waals surface area contributed by atoms with Gasteiger partial charge in [-0.15, -0.1) is 0 Å². The van der Waals surface area contributed by atoms with E-state index < -0.39 is 5.82 Å². The van der Waals surface area contributed by atoms with Gasteiger partial charge in [0.2, 0.25) is 0 Å². The molecule has 0 heterocycles. The lowest BCUT2D eigenvalue weighted by Gasteiger charge is -2.24. The van der Waals surface area contributed by atoms with Crippen LogP contribution in [0.2, 0.25) is 0 Å². The molecule has 0 N–H and O–H groups in total. The zero-order chi connectivity index (χ0) is 13.0. The average molecular weight is 243 g/mol. The van der Waals surface area contributed by atoms with Crippen LogP contribution < -0.4 is 4.90 Å². The van der Waals surface area contributed by atoms with Gasteiger partial charge in [0.1, 0.15) is 5.82 Å². The summed E-state index contributed by atoms with van der Waals surface area (Å²) >= 11 is 0. The third-order valence-corrected chi connectivity index (χ3v) is 2.82. The van der Waals surface area contributed by atoms with Crippen molar-refractivity contribution in [2.75, 3.05) is 11.4 Å². The minimum Gasteiger partial charge on any atom is -0.341 e. The minimum atomic E-state index is -0.489. The second kappa shape index (κ2) is 5.45. The molecule has 3 heteroatoms. The highest BCUT2D eigenvalue weighted by Crippen LogP contribution is 2.28. The summed E-state index contributed by atoms with van der Waals surface area (Å²) in [6.45, 7) is 2.63. The van der Waals surface area contributed by atoms with Gasteiger partial charge in [-0.05, 0) is 31.2 Å². The van der Waals surface area contributed by atoms with Gasteiger partial charge < -0.3 is 4.90 Å². The molecule has 0 aliphatic heterocycles. The van der Waals surface area contributed by atoms with Crippen molar-refractivity contribution in [1.29, 1.82) is 0 Å². The van der Waals surface area contributed by atoms with E-state index in [1.807, 2.05) is 42.2 Å². The fourth-order valence-corrected chi connectivity index (χ4v) is 1.98. The molecule has 2 nitrogen and oxygen atoms in total. The lowest BCUT2D eigenvalue weighted by atomic mass is 10.1. The molecular formula is C15H14FNO. The van der Waals surface area contributed by atoms with Crippen molar-refractivity contribution in [3.05, 3.63) is 59.9 Å². The van der Waals surface area contributed by atoms with Gasteiger partial charge in [-0.25, -0.2) is 4.39 Å². The van der Waals surface area contributed by atoms with Crippen molar-refractivity contribution < 1.29 is 9.18 Å². The average Bonchev–Trinajstić information content (AvgIpc) is 2.41. The summed E-state index contributed by atoms with van der Waals surface area (Å²) in [6.07, 6.45) is 0.566. The first-order chi connectivity index (χ1) is 8.77. The summed E-state index contributed by atoms with van der Waals surface area (Å²) in [5.74, 6) is -0.489. The van der Waals surface area contributed by atoms with Crippen LogP contribution in [0.1, 0.15) is 17.3 Å². The number of para-hydroxylation sites is 1. The predicted octanol–water partition coefficient (Wildman–Crippen LogP) is 3.80. The molecule has 0 saturated carbocycles.